The fourth-order valence-electron chi connectivity index (χ4n) is 4.53. The summed E-state index contributed by atoms with van der Waals surface area (Å²) in [6.45, 7) is 0. The summed E-state index contributed by atoms with van der Waals surface area (Å²) in [5.41, 5.74) is 9.46. The summed E-state index contributed by atoms with van der Waals surface area (Å²) in [5.74, 6) is -0.247. The summed E-state index contributed by atoms with van der Waals surface area (Å²) in [5, 5.41) is 14.7. The number of nitrogens with zero attached hydrogens (tertiary/aromatic N) is 2. The molecule has 188 valence electrons. The second kappa shape index (κ2) is 12.0. The lowest BCUT2D eigenvalue weighted by Crippen LogP contribution is -2.18. The van der Waals surface area contributed by atoms with Gasteiger partial charge in [-0.25, -0.2) is 5.43 Å². The molecule has 2 N–H and O–H groups in total. The maximum atomic E-state index is 12.5. The first-order valence-corrected chi connectivity index (χ1v) is 12.7. The Morgan fingerprint density at radius 2 is 1.34 bits per heavy atom. The third kappa shape index (κ3) is 5.80. The lowest BCUT2D eigenvalue weighted by molar-refractivity contribution is -0.121. The smallest absolute Gasteiger partial charge is 0.240 e. The molecule has 1 heterocycles. The van der Waals surface area contributed by atoms with E-state index in [-0.39, 0.29) is 12.3 Å². The Hall–Kier alpha value is -4.74. The van der Waals surface area contributed by atoms with Crippen molar-refractivity contribution in [2.24, 2.45) is 5.10 Å². The maximum absolute atomic E-state index is 12.5. The van der Waals surface area contributed by atoms with E-state index in [0.717, 1.165) is 39.3 Å². The second-order valence-electron chi connectivity index (χ2n) is 8.99. The molecule has 0 aliphatic heterocycles. The fourth-order valence-corrected chi connectivity index (χ4v) is 4.53. The molecule has 0 saturated heterocycles. The zero-order chi connectivity index (χ0) is 26.2. The molecule has 1 aromatic heterocycles. The van der Waals surface area contributed by atoms with Crippen molar-refractivity contribution in [1.29, 1.82) is 0 Å². The largest absolute Gasteiger partial charge is 0.388 e. The van der Waals surface area contributed by atoms with E-state index >= 15 is 0 Å². The normalized spacial score (nSPS) is 11.9. The van der Waals surface area contributed by atoms with Crippen LogP contribution in [0.25, 0.3) is 28.2 Å². The van der Waals surface area contributed by atoms with Gasteiger partial charge in [0.15, 0.2) is 0 Å². The highest BCUT2D eigenvalue weighted by molar-refractivity contribution is 5.94. The number of hydrazone groups is 1. The molecule has 1 atom stereocenters. The van der Waals surface area contributed by atoms with Gasteiger partial charge in [-0.2, -0.15) is 5.10 Å². The average Bonchev–Trinajstić information content (AvgIpc) is 3.37. The van der Waals surface area contributed by atoms with E-state index in [1.54, 1.807) is 6.21 Å². The summed E-state index contributed by atoms with van der Waals surface area (Å²) >= 11 is 0. The second-order valence-corrected chi connectivity index (χ2v) is 8.99. The Morgan fingerprint density at radius 1 is 0.789 bits per heavy atom. The lowest BCUT2D eigenvalue weighted by Gasteiger charge is -2.15. The Balaban J connectivity index is 1.45. The molecular formula is C33H29N3O2. The Morgan fingerprint density at radius 3 is 1.97 bits per heavy atom. The molecule has 0 spiro atoms. The zero-order valence-corrected chi connectivity index (χ0v) is 20.9. The number of hydrogen-bond donors (Lipinski definition) is 2. The molecule has 0 aliphatic rings. The van der Waals surface area contributed by atoms with Crippen LogP contribution < -0.4 is 5.43 Å². The van der Waals surface area contributed by atoms with Gasteiger partial charge in [-0.05, 0) is 41.3 Å². The third-order valence-corrected chi connectivity index (χ3v) is 6.38. The zero-order valence-electron chi connectivity index (χ0n) is 20.9. The number of amides is 1. The molecule has 0 radical (unpaired) electrons. The SMILES string of the molecule is O=C(CC[C@@H](O)c1ccccc1)N/N=C\c1cc(-c2ccccc2)n(-c2ccccc2)c1-c1ccccc1. The minimum absolute atomic E-state index is 0.166. The van der Waals surface area contributed by atoms with Crippen LogP contribution in [0.1, 0.15) is 30.1 Å². The van der Waals surface area contributed by atoms with Gasteiger partial charge in [0, 0.05) is 17.7 Å². The molecule has 0 fully saturated rings. The van der Waals surface area contributed by atoms with E-state index in [0.29, 0.717) is 6.42 Å². The molecule has 0 aliphatic carbocycles. The van der Waals surface area contributed by atoms with E-state index < -0.39 is 6.10 Å². The molecule has 5 heteroatoms. The van der Waals surface area contributed by atoms with Crippen LogP contribution in [-0.4, -0.2) is 21.8 Å². The molecule has 4 aromatic carbocycles. The van der Waals surface area contributed by atoms with Crippen LogP contribution in [0.2, 0.25) is 0 Å². The number of para-hydroxylation sites is 1. The first-order valence-electron chi connectivity index (χ1n) is 12.7. The van der Waals surface area contributed by atoms with Crippen molar-refractivity contribution < 1.29 is 9.90 Å². The van der Waals surface area contributed by atoms with Crippen LogP contribution in [0.3, 0.4) is 0 Å². The first kappa shape index (κ1) is 24.9. The topological polar surface area (TPSA) is 66.6 Å². The Bertz CT molecular complexity index is 1500. The maximum Gasteiger partial charge on any atom is 0.240 e. The molecule has 1 amide bonds. The number of aliphatic hydroxyl groups is 1. The fraction of sp³-hybridized carbons (Fsp3) is 0.0909. The van der Waals surface area contributed by atoms with Crippen LogP contribution in [-0.2, 0) is 4.79 Å². The van der Waals surface area contributed by atoms with Gasteiger partial charge in [-0.3, -0.25) is 4.79 Å². The van der Waals surface area contributed by atoms with Crippen molar-refractivity contribution in [1.82, 2.24) is 9.99 Å². The number of hydrogen-bond acceptors (Lipinski definition) is 3. The van der Waals surface area contributed by atoms with Crippen LogP contribution >= 0.6 is 0 Å². The van der Waals surface area contributed by atoms with Crippen molar-refractivity contribution in [3.05, 3.63) is 139 Å². The number of aliphatic hydroxyl groups excluding tert-OH is 1. The third-order valence-electron chi connectivity index (χ3n) is 6.38. The number of benzene rings is 4. The summed E-state index contributed by atoms with van der Waals surface area (Å²) in [6, 6.07) is 42.1. The van der Waals surface area contributed by atoms with E-state index in [4.69, 9.17) is 0 Å². The monoisotopic (exact) mass is 499 g/mol. The van der Waals surface area contributed by atoms with Crippen molar-refractivity contribution in [2.75, 3.05) is 0 Å². The van der Waals surface area contributed by atoms with Gasteiger partial charge in [0.2, 0.25) is 5.91 Å². The molecule has 5 aromatic rings. The van der Waals surface area contributed by atoms with Crippen molar-refractivity contribution in [2.45, 2.75) is 18.9 Å². The van der Waals surface area contributed by atoms with Gasteiger partial charge in [0.1, 0.15) is 0 Å². The van der Waals surface area contributed by atoms with Gasteiger partial charge >= 0.3 is 0 Å². The molecule has 0 saturated carbocycles. The average molecular weight is 500 g/mol. The first-order chi connectivity index (χ1) is 18.7. The predicted molar refractivity (Wildman–Crippen MR) is 153 cm³/mol. The highest BCUT2D eigenvalue weighted by atomic mass is 16.3. The van der Waals surface area contributed by atoms with Gasteiger partial charge in [0.05, 0.1) is 23.7 Å². The molecule has 0 bridgehead atoms. The minimum Gasteiger partial charge on any atom is -0.388 e. The quantitative estimate of drug-likeness (QED) is 0.173. The molecule has 5 nitrogen and oxygen atoms in total. The van der Waals surface area contributed by atoms with E-state index in [2.05, 4.69) is 57.6 Å². The number of nitrogens with one attached hydrogen (secondary N) is 1. The van der Waals surface area contributed by atoms with Crippen LogP contribution in [0.15, 0.2) is 132 Å². The predicted octanol–water partition coefficient (Wildman–Crippen LogP) is 6.78. The van der Waals surface area contributed by atoms with Gasteiger partial charge < -0.3 is 9.67 Å². The van der Waals surface area contributed by atoms with Crippen molar-refractivity contribution in [3.63, 3.8) is 0 Å². The van der Waals surface area contributed by atoms with E-state index in [9.17, 15) is 9.90 Å². The van der Waals surface area contributed by atoms with Crippen LogP contribution in [0.5, 0.6) is 0 Å². The minimum atomic E-state index is -0.691. The summed E-state index contributed by atoms with van der Waals surface area (Å²) < 4.78 is 2.23. The summed E-state index contributed by atoms with van der Waals surface area (Å²) in [4.78, 5) is 12.5. The standard InChI is InChI=1S/C33H29N3O2/c37-31(26-15-7-2-8-16-26)21-22-32(38)35-34-24-28-23-30(25-13-5-1-6-14-25)36(29-19-11-4-12-20-29)33(28)27-17-9-3-10-18-27/h1-20,23-24,31,37H,21-22H2,(H,35,38)/b34-24-/t31-/m1/s1. The lowest BCUT2D eigenvalue weighted by atomic mass is 10.1. The summed E-state index contributed by atoms with van der Waals surface area (Å²) in [6.07, 6.45) is 1.49. The number of carbonyl (C=O) groups is 1. The highest BCUT2D eigenvalue weighted by Crippen LogP contribution is 2.35. The molecule has 5 rings (SSSR count). The Kier molecular flexibility index (Phi) is 7.87. The molecule has 38 heavy (non-hydrogen) atoms. The van der Waals surface area contributed by atoms with Gasteiger partial charge in [-0.15, -0.1) is 0 Å². The highest BCUT2D eigenvalue weighted by Gasteiger charge is 2.18. The van der Waals surface area contributed by atoms with Crippen molar-refractivity contribution >= 4 is 12.1 Å². The van der Waals surface area contributed by atoms with Gasteiger partial charge in [-0.1, -0.05) is 109 Å². The van der Waals surface area contributed by atoms with Gasteiger partial charge in [0.25, 0.3) is 0 Å². The molecular weight excluding hydrogens is 470 g/mol. The number of carbonyl (C=O) groups excluding carboxylic acids is 1. The van der Waals surface area contributed by atoms with E-state index in [1.807, 2.05) is 84.9 Å². The van der Waals surface area contributed by atoms with Crippen LogP contribution in [0.4, 0.5) is 0 Å². The molecule has 0 unspecified atom stereocenters. The van der Waals surface area contributed by atoms with Crippen LogP contribution in [0, 0.1) is 0 Å². The van der Waals surface area contributed by atoms with E-state index in [1.165, 1.54) is 0 Å². The summed E-state index contributed by atoms with van der Waals surface area (Å²) in [7, 11) is 0. The Labute approximate surface area is 222 Å². The number of aromatic nitrogens is 1. The number of rotatable bonds is 9. The van der Waals surface area contributed by atoms with Crippen molar-refractivity contribution in [3.8, 4) is 28.2 Å².